The number of carboxylic acid groups (broad SMARTS) is 1. The van der Waals surface area contributed by atoms with E-state index < -0.39 is 12.0 Å². The maximum absolute atomic E-state index is 12.6. The quantitative estimate of drug-likeness (QED) is 0.778. The standard InChI is InChI=1S/C20H26N2O3/c1-20(2)9-5-6-13(11-20)18(23)22-17(19(24)25)10-14-12-21-16-8-4-3-7-15(14)16/h3-4,7-8,12-13,17,21H,5-6,9-11H2,1-2H3,(H,22,23)(H,24,25). The number of para-hydroxylation sites is 1. The fourth-order valence-corrected chi connectivity index (χ4v) is 3.93. The Bertz CT molecular complexity index is 778. The molecule has 2 unspecified atom stereocenters. The summed E-state index contributed by atoms with van der Waals surface area (Å²) in [6.45, 7) is 4.35. The fourth-order valence-electron chi connectivity index (χ4n) is 3.93. The zero-order chi connectivity index (χ0) is 18.0. The van der Waals surface area contributed by atoms with Gasteiger partial charge in [0.15, 0.2) is 0 Å². The van der Waals surface area contributed by atoms with Crippen molar-refractivity contribution in [3.63, 3.8) is 0 Å². The maximum Gasteiger partial charge on any atom is 0.326 e. The van der Waals surface area contributed by atoms with Gasteiger partial charge in [0.1, 0.15) is 6.04 Å². The van der Waals surface area contributed by atoms with Gasteiger partial charge in [-0.25, -0.2) is 4.79 Å². The number of carbonyl (C=O) groups excluding carboxylic acids is 1. The van der Waals surface area contributed by atoms with E-state index in [0.29, 0.717) is 0 Å². The molecule has 2 atom stereocenters. The van der Waals surface area contributed by atoms with E-state index in [4.69, 9.17) is 0 Å². The molecule has 5 heteroatoms. The van der Waals surface area contributed by atoms with Gasteiger partial charge < -0.3 is 15.4 Å². The molecule has 0 saturated heterocycles. The molecule has 25 heavy (non-hydrogen) atoms. The molecule has 5 nitrogen and oxygen atoms in total. The normalized spacial score (nSPS) is 21.0. The molecule has 134 valence electrons. The van der Waals surface area contributed by atoms with Gasteiger partial charge in [-0.2, -0.15) is 0 Å². The lowest BCUT2D eigenvalue weighted by molar-refractivity contribution is -0.142. The zero-order valence-corrected chi connectivity index (χ0v) is 14.8. The third kappa shape index (κ3) is 4.03. The first-order valence-corrected chi connectivity index (χ1v) is 8.94. The molecule has 1 saturated carbocycles. The number of carbonyl (C=O) groups is 2. The summed E-state index contributed by atoms with van der Waals surface area (Å²) in [6, 6.07) is 6.88. The van der Waals surface area contributed by atoms with E-state index in [0.717, 1.165) is 42.1 Å². The first-order valence-electron chi connectivity index (χ1n) is 8.94. The summed E-state index contributed by atoms with van der Waals surface area (Å²) in [7, 11) is 0. The molecule has 2 aromatic rings. The Morgan fingerprint density at radius 1 is 1.36 bits per heavy atom. The van der Waals surface area contributed by atoms with Crippen molar-refractivity contribution in [2.24, 2.45) is 11.3 Å². The molecule has 0 radical (unpaired) electrons. The summed E-state index contributed by atoms with van der Waals surface area (Å²) in [5, 5.41) is 13.3. The van der Waals surface area contributed by atoms with Crippen LogP contribution in [0, 0.1) is 11.3 Å². The lowest BCUT2D eigenvalue weighted by Gasteiger charge is -2.34. The Morgan fingerprint density at radius 2 is 2.12 bits per heavy atom. The van der Waals surface area contributed by atoms with Crippen LogP contribution < -0.4 is 5.32 Å². The predicted octanol–water partition coefficient (Wildman–Crippen LogP) is 3.50. The average molecular weight is 342 g/mol. The molecule has 3 N–H and O–H groups in total. The Kier molecular flexibility index (Phi) is 4.84. The van der Waals surface area contributed by atoms with Crippen molar-refractivity contribution in [1.29, 1.82) is 0 Å². The van der Waals surface area contributed by atoms with E-state index in [1.165, 1.54) is 0 Å². The molecule has 0 aliphatic heterocycles. The summed E-state index contributed by atoms with van der Waals surface area (Å²) in [5.74, 6) is -1.21. The first kappa shape index (κ1) is 17.5. The minimum atomic E-state index is -0.992. The molecule has 1 amide bonds. The second-order valence-corrected chi connectivity index (χ2v) is 7.92. The highest BCUT2D eigenvalue weighted by molar-refractivity contribution is 5.87. The van der Waals surface area contributed by atoms with E-state index in [1.54, 1.807) is 0 Å². The van der Waals surface area contributed by atoms with E-state index >= 15 is 0 Å². The van der Waals surface area contributed by atoms with Crippen molar-refractivity contribution in [3.8, 4) is 0 Å². The highest BCUT2D eigenvalue weighted by atomic mass is 16.4. The highest BCUT2D eigenvalue weighted by Crippen LogP contribution is 2.38. The van der Waals surface area contributed by atoms with Crippen LogP contribution in [-0.4, -0.2) is 28.0 Å². The van der Waals surface area contributed by atoms with Gasteiger partial charge in [-0.15, -0.1) is 0 Å². The van der Waals surface area contributed by atoms with Crippen molar-refractivity contribution in [1.82, 2.24) is 10.3 Å². The maximum atomic E-state index is 12.6. The van der Waals surface area contributed by atoms with Crippen molar-refractivity contribution >= 4 is 22.8 Å². The number of amides is 1. The van der Waals surface area contributed by atoms with Crippen LogP contribution in [0.1, 0.15) is 45.1 Å². The van der Waals surface area contributed by atoms with Crippen molar-refractivity contribution < 1.29 is 14.7 Å². The van der Waals surface area contributed by atoms with Gasteiger partial charge in [-0.1, -0.05) is 38.5 Å². The van der Waals surface area contributed by atoms with Gasteiger partial charge in [-0.3, -0.25) is 4.79 Å². The molecule has 1 aliphatic carbocycles. The molecule has 1 heterocycles. The Morgan fingerprint density at radius 3 is 2.84 bits per heavy atom. The Labute approximate surface area is 147 Å². The molecule has 1 aromatic heterocycles. The summed E-state index contributed by atoms with van der Waals surface area (Å²) >= 11 is 0. The largest absolute Gasteiger partial charge is 0.480 e. The fraction of sp³-hybridized carbons (Fsp3) is 0.500. The van der Waals surface area contributed by atoms with Crippen LogP contribution in [0.5, 0.6) is 0 Å². The molecule has 1 fully saturated rings. The molecule has 1 aromatic carbocycles. The van der Waals surface area contributed by atoms with Crippen LogP contribution in [0.4, 0.5) is 0 Å². The topological polar surface area (TPSA) is 82.2 Å². The first-order chi connectivity index (χ1) is 11.9. The Balaban J connectivity index is 1.71. The SMILES string of the molecule is CC1(C)CCCC(C(=O)NC(Cc2c[nH]c3ccccc23)C(=O)O)C1. The van der Waals surface area contributed by atoms with E-state index in [2.05, 4.69) is 24.1 Å². The van der Waals surface area contributed by atoms with Gasteiger partial charge in [0.25, 0.3) is 0 Å². The number of hydrogen-bond acceptors (Lipinski definition) is 2. The number of carboxylic acids is 1. The molecular weight excluding hydrogens is 316 g/mol. The van der Waals surface area contributed by atoms with Gasteiger partial charge in [0, 0.05) is 29.4 Å². The zero-order valence-electron chi connectivity index (χ0n) is 14.8. The second kappa shape index (κ2) is 6.90. The van der Waals surface area contributed by atoms with Crippen LogP contribution in [0.25, 0.3) is 10.9 Å². The lowest BCUT2D eigenvalue weighted by Crippen LogP contribution is -2.46. The number of hydrogen-bond donors (Lipinski definition) is 3. The number of aromatic amines is 1. The third-order valence-corrected chi connectivity index (χ3v) is 5.29. The summed E-state index contributed by atoms with van der Waals surface area (Å²) in [4.78, 5) is 27.4. The number of H-pyrrole nitrogens is 1. The van der Waals surface area contributed by atoms with Gasteiger partial charge in [0.2, 0.25) is 5.91 Å². The Hall–Kier alpha value is -2.30. The molecule has 0 spiro atoms. The lowest BCUT2D eigenvalue weighted by atomic mass is 9.72. The van der Waals surface area contributed by atoms with E-state index in [-0.39, 0.29) is 23.7 Å². The molecule has 3 rings (SSSR count). The monoisotopic (exact) mass is 342 g/mol. The summed E-state index contributed by atoms with van der Waals surface area (Å²) < 4.78 is 0. The van der Waals surface area contributed by atoms with Gasteiger partial charge in [0.05, 0.1) is 0 Å². The number of nitrogens with one attached hydrogen (secondary N) is 2. The van der Waals surface area contributed by atoms with E-state index in [9.17, 15) is 14.7 Å². The number of rotatable bonds is 5. The van der Waals surface area contributed by atoms with Crippen molar-refractivity contribution in [3.05, 3.63) is 36.0 Å². The predicted molar refractivity (Wildman–Crippen MR) is 97.3 cm³/mol. The van der Waals surface area contributed by atoms with Crippen LogP contribution in [0.3, 0.4) is 0 Å². The highest BCUT2D eigenvalue weighted by Gasteiger charge is 2.33. The number of aromatic nitrogens is 1. The average Bonchev–Trinajstić information content (AvgIpc) is 2.96. The van der Waals surface area contributed by atoms with Crippen LogP contribution in [0.15, 0.2) is 30.5 Å². The minimum absolute atomic E-state index is 0.0893. The van der Waals surface area contributed by atoms with Crippen LogP contribution >= 0.6 is 0 Å². The summed E-state index contributed by atoms with van der Waals surface area (Å²) in [5.41, 5.74) is 2.03. The number of aliphatic carboxylic acids is 1. The third-order valence-electron chi connectivity index (χ3n) is 5.29. The van der Waals surface area contributed by atoms with E-state index in [1.807, 2.05) is 30.5 Å². The number of benzene rings is 1. The van der Waals surface area contributed by atoms with Gasteiger partial charge in [-0.05, 0) is 36.3 Å². The molecule has 0 bridgehead atoms. The van der Waals surface area contributed by atoms with Gasteiger partial charge >= 0.3 is 5.97 Å². The second-order valence-electron chi connectivity index (χ2n) is 7.92. The van der Waals surface area contributed by atoms with Crippen molar-refractivity contribution in [2.45, 2.75) is 52.0 Å². The van der Waals surface area contributed by atoms with Crippen LogP contribution in [0.2, 0.25) is 0 Å². The van der Waals surface area contributed by atoms with Crippen molar-refractivity contribution in [2.75, 3.05) is 0 Å². The molecule has 1 aliphatic rings. The number of fused-ring (bicyclic) bond motifs is 1. The molecular formula is C20H26N2O3. The smallest absolute Gasteiger partial charge is 0.326 e. The summed E-state index contributed by atoms with van der Waals surface area (Å²) in [6.07, 6.45) is 5.91. The minimum Gasteiger partial charge on any atom is -0.480 e. The van der Waals surface area contributed by atoms with Crippen LogP contribution in [-0.2, 0) is 16.0 Å².